The van der Waals surface area contributed by atoms with Gasteiger partial charge in [0, 0.05) is 0 Å². The van der Waals surface area contributed by atoms with Gasteiger partial charge >= 0.3 is 122 Å². The minimum absolute atomic E-state index is 1.38. The topological polar surface area (TPSA) is 0 Å². The van der Waals surface area contributed by atoms with E-state index in [1.54, 1.807) is 33.7 Å². The maximum absolute atomic E-state index is 2.19. The molecule has 0 aliphatic rings. The monoisotopic (exact) mass is 370 g/mol. The molecule has 0 saturated carbocycles. The van der Waals surface area contributed by atoms with E-state index in [4.69, 9.17) is 0 Å². The third kappa shape index (κ3) is 3.37. The first kappa shape index (κ1) is 12.7. The van der Waals surface area contributed by atoms with E-state index in [0.717, 1.165) is 0 Å². The molecule has 2 unspecified atom stereocenters. The van der Waals surface area contributed by atoms with Crippen LogP contribution in [0.15, 0.2) is 58.3 Å². The van der Waals surface area contributed by atoms with E-state index >= 15 is 0 Å². The number of benzene rings is 2. The average molecular weight is 370 g/mol. The molecule has 2 rings (SSSR count). The normalized spacial score (nSPS) is 10.4. The molecule has 0 radical (unpaired) electrons. The summed E-state index contributed by atoms with van der Waals surface area (Å²) in [7, 11) is 3.71. The van der Waals surface area contributed by atoms with Gasteiger partial charge in [0.2, 0.25) is 0 Å². The molecule has 82 valence electrons. The van der Waals surface area contributed by atoms with Gasteiger partial charge < -0.3 is 0 Å². The predicted octanol–water partition coefficient (Wildman–Crippen LogP) is 1.00. The Labute approximate surface area is 121 Å². The van der Waals surface area contributed by atoms with Crippen LogP contribution in [0.2, 0.25) is 0 Å². The van der Waals surface area contributed by atoms with Crippen LogP contribution in [0.25, 0.3) is 0 Å². The molecule has 0 nitrogen and oxygen atoms in total. The molecule has 4 heteroatoms. The van der Waals surface area contributed by atoms with Crippen LogP contribution in [0.3, 0.4) is 0 Å². The van der Waals surface area contributed by atoms with Crippen molar-refractivity contribution in [2.45, 2.75) is 9.79 Å². The van der Waals surface area contributed by atoms with Gasteiger partial charge in [-0.15, -0.1) is 0 Å². The molecule has 0 bridgehead atoms. The Balaban J connectivity index is 2.09. The Morgan fingerprint density at radius 1 is 0.625 bits per heavy atom. The standard InChI is InChI=1S/C12H12As2S2/c13-9-5-1-3-7-11(9)15-16-12-8-4-2-6-10(12)14/h1-8H,13-14H2. The molecule has 0 amide bonds. The summed E-state index contributed by atoms with van der Waals surface area (Å²) >= 11 is 3.38. The first-order chi connectivity index (χ1) is 7.77. The molecular weight excluding hydrogens is 358 g/mol. The predicted molar refractivity (Wildman–Crippen MR) is 81.0 cm³/mol. The molecule has 0 aliphatic heterocycles. The Bertz CT molecular complexity index is 440. The van der Waals surface area contributed by atoms with Crippen LogP contribution >= 0.6 is 21.6 Å². The fourth-order valence-electron chi connectivity index (χ4n) is 1.20. The Morgan fingerprint density at radius 2 is 1.00 bits per heavy atom. The third-order valence-corrected chi connectivity index (χ3v) is 7.56. The number of hydrogen-bond acceptors (Lipinski definition) is 2. The van der Waals surface area contributed by atoms with Crippen LogP contribution in [0.5, 0.6) is 0 Å². The molecular formula is C12H12As2S2. The third-order valence-electron chi connectivity index (χ3n) is 2.06. The zero-order chi connectivity index (χ0) is 11.4. The van der Waals surface area contributed by atoms with Crippen LogP contribution in [-0.2, 0) is 0 Å². The molecule has 0 N–H and O–H groups in total. The van der Waals surface area contributed by atoms with E-state index < -0.39 is 0 Å². The molecule has 2 aromatic rings. The molecule has 2 aromatic carbocycles. The van der Waals surface area contributed by atoms with Crippen molar-refractivity contribution in [1.82, 2.24) is 0 Å². The molecule has 2 atom stereocenters. The number of rotatable bonds is 3. The van der Waals surface area contributed by atoms with E-state index in [1.807, 2.05) is 21.6 Å². The molecule has 16 heavy (non-hydrogen) atoms. The minimum atomic E-state index is 1.38. The summed E-state index contributed by atoms with van der Waals surface area (Å²) in [6, 6.07) is 17.2. The molecule has 0 heterocycles. The summed E-state index contributed by atoms with van der Waals surface area (Å²) in [5.41, 5.74) is 0. The van der Waals surface area contributed by atoms with Gasteiger partial charge in [0.05, 0.1) is 0 Å². The Kier molecular flexibility index (Phi) is 4.97. The zero-order valence-electron chi connectivity index (χ0n) is 8.59. The summed E-state index contributed by atoms with van der Waals surface area (Å²) in [6.45, 7) is 0. The van der Waals surface area contributed by atoms with Gasteiger partial charge in [-0.3, -0.25) is 0 Å². The van der Waals surface area contributed by atoms with Gasteiger partial charge in [-0.05, 0) is 0 Å². The fourth-order valence-corrected chi connectivity index (χ4v) is 6.12. The van der Waals surface area contributed by atoms with Gasteiger partial charge in [0.15, 0.2) is 0 Å². The zero-order valence-corrected chi connectivity index (χ0v) is 15.1. The number of hydrogen-bond donors (Lipinski definition) is 0. The van der Waals surface area contributed by atoms with Crippen LogP contribution in [0.1, 0.15) is 0 Å². The van der Waals surface area contributed by atoms with E-state index in [2.05, 4.69) is 48.5 Å². The van der Waals surface area contributed by atoms with Crippen molar-refractivity contribution in [1.29, 1.82) is 0 Å². The molecule has 0 fully saturated rings. The Hall–Kier alpha value is 0.257. The summed E-state index contributed by atoms with van der Waals surface area (Å²) in [6.07, 6.45) is 0. The second kappa shape index (κ2) is 6.26. The Morgan fingerprint density at radius 3 is 1.38 bits per heavy atom. The van der Waals surface area contributed by atoms with Crippen molar-refractivity contribution in [2.24, 2.45) is 0 Å². The second-order valence-corrected chi connectivity index (χ2v) is 8.07. The second-order valence-electron chi connectivity index (χ2n) is 3.24. The van der Waals surface area contributed by atoms with Crippen molar-refractivity contribution in [3.8, 4) is 0 Å². The van der Waals surface area contributed by atoms with Gasteiger partial charge in [-0.2, -0.15) is 0 Å². The first-order valence-corrected chi connectivity index (χ1v) is 9.38. The van der Waals surface area contributed by atoms with E-state index in [-0.39, 0.29) is 0 Å². The quantitative estimate of drug-likeness (QED) is 0.584. The summed E-state index contributed by atoms with van der Waals surface area (Å²) in [4.78, 5) is 2.76. The molecule has 0 aliphatic carbocycles. The van der Waals surface area contributed by atoms with E-state index in [1.165, 1.54) is 18.5 Å². The van der Waals surface area contributed by atoms with Gasteiger partial charge in [-0.25, -0.2) is 0 Å². The first-order valence-electron chi connectivity index (χ1n) is 4.81. The van der Waals surface area contributed by atoms with Crippen molar-refractivity contribution in [3.05, 3.63) is 48.5 Å². The van der Waals surface area contributed by atoms with E-state index in [0.29, 0.717) is 0 Å². The SMILES string of the molecule is [AsH2]c1ccccc1SSc1ccccc1[AsH2]. The van der Waals surface area contributed by atoms with Crippen LogP contribution in [0, 0.1) is 0 Å². The van der Waals surface area contributed by atoms with Crippen molar-refractivity contribution >= 4 is 64.0 Å². The molecule has 0 spiro atoms. The summed E-state index contributed by atoms with van der Waals surface area (Å²) in [5, 5.41) is 0. The molecule has 0 saturated heterocycles. The average Bonchev–Trinajstić information content (AvgIpc) is 2.30. The van der Waals surface area contributed by atoms with Crippen molar-refractivity contribution in [3.63, 3.8) is 0 Å². The fraction of sp³-hybridized carbons (Fsp3) is 0. The van der Waals surface area contributed by atoms with Crippen LogP contribution in [0.4, 0.5) is 0 Å². The maximum atomic E-state index is 2.19. The van der Waals surface area contributed by atoms with E-state index in [9.17, 15) is 0 Å². The van der Waals surface area contributed by atoms with Gasteiger partial charge in [-0.1, -0.05) is 0 Å². The molecule has 0 aromatic heterocycles. The van der Waals surface area contributed by atoms with Crippen LogP contribution < -0.4 is 8.70 Å². The van der Waals surface area contributed by atoms with Crippen LogP contribution in [-0.4, -0.2) is 33.7 Å². The summed E-state index contributed by atoms with van der Waals surface area (Å²) in [5.74, 6) is 0. The van der Waals surface area contributed by atoms with Gasteiger partial charge in [0.25, 0.3) is 0 Å². The van der Waals surface area contributed by atoms with Crippen molar-refractivity contribution < 1.29 is 0 Å². The van der Waals surface area contributed by atoms with Gasteiger partial charge in [0.1, 0.15) is 0 Å². The van der Waals surface area contributed by atoms with Crippen molar-refractivity contribution in [2.75, 3.05) is 0 Å². The summed E-state index contributed by atoms with van der Waals surface area (Å²) < 4.78 is 2.82.